The molecule has 0 radical (unpaired) electrons. The third-order valence-electron chi connectivity index (χ3n) is 3.71. The van der Waals surface area contributed by atoms with E-state index in [-0.39, 0.29) is 17.8 Å². The zero-order valence-corrected chi connectivity index (χ0v) is 11.8. The minimum Gasteiger partial charge on any atom is -0.451 e. The lowest BCUT2D eigenvalue weighted by Gasteiger charge is -2.33. The number of halogens is 1. The van der Waals surface area contributed by atoms with Gasteiger partial charge in [-0.15, -0.1) is 0 Å². The molecule has 1 atom stereocenters. The van der Waals surface area contributed by atoms with E-state index in [2.05, 4.69) is 5.32 Å². The summed E-state index contributed by atoms with van der Waals surface area (Å²) in [6, 6.07) is 9.58. The molecule has 0 spiro atoms. The van der Waals surface area contributed by atoms with Gasteiger partial charge in [-0.3, -0.25) is 4.79 Å². The highest BCUT2D eigenvalue weighted by Crippen LogP contribution is 2.23. The summed E-state index contributed by atoms with van der Waals surface area (Å²) in [5, 5.41) is 3.25. The van der Waals surface area contributed by atoms with Crippen LogP contribution in [-0.4, -0.2) is 36.5 Å². The number of amides is 1. The first-order valence-electron chi connectivity index (χ1n) is 7.02. The number of furan rings is 1. The van der Waals surface area contributed by atoms with Gasteiger partial charge in [0.1, 0.15) is 11.6 Å². The molecule has 1 fully saturated rings. The average Bonchev–Trinajstić information content (AvgIpc) is 2.98. The first kappa shape index (κ1) is 13.8. The second-order valence-corrected chi connectivity index (χ2v) is 5.22. The number of carbonyl (C=O) groups excluding carboxylic acids is 1. The predicted octanol–water partition coefficient (Wildman–Crippen LogP) is 2.52. The quantitative estimate of drug-likeness (QED) is 0.923. The molecule has 0 saturated carbocycles. The van der Waals surface area contributed by atoms with Crippen LogP contribution in [0.15, 0.2) is 40.8 Å². The Labute approximate surface area is 122 Å². The van der Waals surface area contributed by atoms with E-state index in [1.54, 1.807) is 24.3 Å². The van der Waals surface area contributed by atoms with Crippen LogP contribution in [-0.2, 0) is 0 Å². The SMILES string of the molecule is C[C@H]1CNCCN1C(=O)c1ccc(-c2ccc(F)cc2)o1. The van der Waals surface area contributed by atoms with Crippen molar-refractivity contribution in [1.82, 2.24) is 10.2 Å². The van der Waals surface area contributed by atoms with E-state index in [4.69, 9.17) is 4.42 Å². The highest BCUT2D eigenvalue weighted by molar-refractivity contribution is 5.92. The summed E-state index contributed by atoms with van der Waals surface area (Å²) in [6.07, 6.45) is 0. The summed E-state index contributed by atoms with van der Waals surface area (Å²) in [5.41, 5.74) is 0.754. The van der Waals surface area contributed by atoms with Crippen molar-refractivity contribution in [1.29, 1.82) is 0 Å². The Bertz CT molecular complexity index is 636. The zero-order valence-electron chi connectivity index (χ0n) is 11.8. The van der Waals surface area contributed by atoms with Crippen LogP contribution in [0.4, 0.5) is 4.39 Å². The molecule has 5 heteroatoms. The van der Waals surface area contributed by atoms with E-state index < -0.39 is 0 Å². The smallest absolute Gasteiger partial charge is 0.289 e. The van der Waals surface area contributed by atoms with Crippen molar-refractivity contribution in [3.8, 4) is 11.3 Å². The van der Waals surface area contributed by atoms with Gasteiger partial charge in [-0.1, -0.05) is 0 Å². The van der Waals surface area contributed by atoms with Gasteiger partial charge in [0.2, 0.25) is 0 Å². The largest absolute Gasteiger partial charge is 0.451 e. The van der Waals surface area contributed by atoms with Crippen LogP contribution in [0.25, 0.3) is 11.3 Å². The molecule has 1 aromatic heterocycles. The molecule has 1 N–H and O–H groups in total. The lowest BCUT2D eigenvalue weighted by Crippen LogP contribution is -2.52. The van der Waals surface area contributed by atoms with E-state index in [1.807, 2.05) is 11.8 Å². The van der Waals surface area contributed by atoms with Gasteiger partial charge in [0.25, 0.3) is 5.91 Å². The van der Waals surface area contributed by atoms with Gasteiger partial charge in [-0.2, -0.15) is 0 Å². The molecule has 0 unspecified atom stereocenters. The number of rotatable bonds is 2. The second kappa shape index (κ2) is 5.69. The summed E-state index contributed by atoms with van der Waals surface area (Å²) in [7, 11) is 0. The van der Waals surface area contributed by atoms with E-state index >= 15 is 0 Å². The van der Waals surface area contributed by atoms with Crippen molar-refractivity contribution in [3.05, 3.63) is 48.0 Å². The normalized spacial score (nSPS) is 18.8. The molecular formula is C16H17FN2O2. The van der Waals surface area contributed by atoms with Crippen molar-refractivity contribution >= 4 is 5.91 Å². The van der Waals surface area contributed by atoms with Gasteiger partial charge < -0.3 is 14.6 Å². The lowest BCUT2D eigenvalue weighted by atomic mass is 10.2. The summed E-state index contributed by atoms with van der Waals surface area (Å²) in [6.45, 7) is 4.26. The summed E-state index contributed by atoms with van der Waals surface area (Å²) in [4.78, 5) is 14.3. The average molecular weight is 288 g/mol. The van der Waals surface area contributed by atoms with Gasteiger partial charge >= 0.3 is 0 Å². The molecule has 3 rings (SSSR count). The van der Waals surface area contributed by atoms with Crippen LogP contribution in [0.3, 0.4) is 0 Å². The second-order valence-electron chi connectivity index (χ2n) is 5.22. The molecule has 1 saturated heterocycles. The summed E-state index contributed by atoms with van der Waals surface area (Å²) in [5.74, 6) is 0.498. The van der Waals surface area contributed by atoms with E-state index in [9.17, 15) is 9.18 Å². The Morgan fingerprint density at radius 1 is 1.29 bits per heavy atom. The first-order chi connectivity index (χ1) is 10.1. The standard InChI is InChI=1S/C16H17FN2O2/c1-11-10-18-8-9-19(11)16(20)15-7-6-14(21-15)12-2-4-13(17)5-3-12/h2-7,11,18H,8-10H2,1H3/t11-/m0/s1. The molecular weight excluding hydrogens is 271 g/mol. The minimum absolute atomic E-state index is 0.0997. The molecule has 4 nitrogen and oxygen atoms in total. The minimum atomic E-state index is -0.295. The van der Waals surface area contributed by atoms with Crippen LogP contribution < -0.4 is 5.32 Å². The Morgan fingerprint density at radius 3 is 2.76 bits per heavy atom. The number of benzene rings is 1. The van der Waals surface area contributed by atoms with Gasteiger partial charge in [0.15, 0.2) is 5.76 Å². The van der Waals surface area contributed by atoms with Crippen molar-refractivity contribution in [2.75, 3.05) is 19.6 Å². The van der Waals surface area contributed by atoms with Gasteiger partial charge in [-0.05, 0) is 43.3 Å². The fourth-order valence-corrected chi connectivity index (χ4v) is 2.51. The molecule has 0 aliphatic carbocycles. The number of hydrogen-bond donors (Lipinski definition) is 1. The zero-order chi connectivity index (χ0) is 14.8. The van der Waals surface area contributed by atoms with Crippen molar-refractivity contribution in [3.63, 3.8) is 0 Å². The number of hydrogen-bond acceptors (Lipinski definition) is 3. The summed E-state index contributed by atoms with van der Waals surface area (Å²) < 4.78 is 18.6. The molecule has 1 amide bonds. The number of nitrogens with zero attached hydrogens (tertiary/aromatic N) is 1. The monoisotopic (exact) mass is 288 g/mol. The molecule has 0 bridgehead atoms. The van der Waals surface area contributed by atoms with Gasteiger partial charge in [0, 0.05) is 31.2 Å². The third kappa shape index (κ3) is 2.83. The van der Waals surface area contributed by atoms with E-state index in [0.29, 0.717) is 18.1 Å². The molecule has 1 aromatic carbocycles. The Hall–Kier alpha value is -2.14. The van der Waals surface area contributed by atoms with Gasteiger partial charge in [0.05, 0.1) is 0 Å². The third-order valence-corrected chi connectivity index (χ3v) is 3.71. The van der Waals surface area contributed by atoms with E-state index in [1.165, 1.54) is 12.1 Å². The number of carbonyl (C=O) groups is 1. The molecule has 1 aliphatic heterocycles. The molecule has 21 heavy (non-hydrogen) atoms. The van der Waals surface area contributed by atoms with Crippen LogP contribution in [0.2, 0.25) is 0 Å². The molecule has 110 valence electrons. The first-order valence-corrected chi connectivity index (χ1v) is 7.02. The van der Waals surface area contributed by atoms with Crippen molar-refractivity contribution in [2.45, 2.75) is 13.0 Å². The maximum atomic E-state index is 12.9. The molecule has 2 aromatic rings. The fraction of sp³-hybridized carbons (Fsp3) is 0.312. The molecule has 2 heterocycles. The Morgan fingerprint density at radius 2 is 2.05 bits per heavy atom. The maximum absolute atomic E-state index is 12.9. The van der Waals surface area contributed by atoms with Crippen LogP contribution in [0.1, 0.15) is 17.5 Å². The van der Waals surface area contributed by atoms with Crippen molar-refractivity contribution in [2.24, 2.45) is 0 Å². The number of piperazine rings is 1. The van der Waals surface area contributed by atoms with Crippen LogP contribution in [0.5, 0.6) is 0 Å². The fourth-order valence-electron chi connectivity index (χ4n) is 2.51. The maximum Gasteiger partial charge on any atom is 0.289 e. The molecule has 1 aliphatic rings. The lowest BCUT2D eigenvalue weighted by molar-refractivity contribution is 0.0624. The highest BCUT2D eigenvalue weighted by atomic mass is 19.1. The predicted molar refractivity (Wildman–Crippen MR) is 77.5 cm³/mol. The van der Waals surface area contributed by atoms with Crippen LogP contribution in [0, 0.1) is 5.82 Å². The van der Waals surface area contributed by atoms with Crippen LogP contribution >= 0.6 is 0 Å². The summed E-state index contributed by atoms with van der Waals surface area (Å²) >= 11 is 0. The van der Waals surface area contributed by atoms with E-state index in [0.717, 1.165) is 18.7 Å². The highest BCUT2D eigenvalue weighted by Gasteiger charge is 2.26. The number of nitrogens with one attached hydrogen (secondary N) is 1. The topological polar surface area (TPSA) is 45.5 Å². The van der Waals surface area contributed by atoms with Crippen molar-refractivity contribution < 1.29 is 13.6 Å². The Balaban J connectivity index is 1.81. The van der Waals surface area contributed by atoms with Gasteiger partial charge in [-0.25, -0.2) is 4.39 Å². The Kier molecular flexibility index (Phi) is 3.75.